The lowest BCUT2D eigenvalue weighted by molar-refractivity contribution is -0.117. The molecule has 0 unspecified atom stereocenters. The van der Waals surface area contributed by atoms with E-state index in [2.05, 4.69) is 32.8 Å². The number of rotatable bonds is 7. The maximum Gasteiger partial charge on any atom is 0.227 e. The first-order valence-corrected chi connectivity index (χ1v) is 13.2. The number of oxazole rings is 1. The Kier molecular flexibility index (Phi) is 10.8. The monoisotopic (exact) mass is 511 g/mol. The minimum absolute atomic E-state index is 0.0462. The van der Waals surface area contributed by atoms with Crippen molar-refractivity contribution in [1.29, 1.82) is 0 Å². The normalized spacial score (nSPS) is 10.2. The SMILES string of the molecule is CC(=O)Cn1ncc2ccc(OCc3nc(-c4ccccc4)oc3-c3ccccc3)cc21.CCC.CCC. The first kappa shape index (κ1) is 28.4. The molecule has 0 fully saturated rings. The Hall–Kier alpha value is -4.19. The molecule has 0 N–H and O–H groups in total. The molecule has 5 aromatic rings. The average molecular weight is 512 g/mol. The number of carbonyl (C=O) groups excluding carboxylic acids is 1. The molecule has 0 bridgehead atoms. The predicted octanol–water partition coefficient (Wildman–Crippen LogP) is 8.36. The van der Waals surface area contributed by atoms with E-state index in [1.54, 1.807) is 17.8 Å². The van der Waals surface area contributed by atoms with Crippen LogP contribution in [-0.4, -0.2) is 20.5 Å². The van der Waals surface area contributed by atoms with Gasteiger partial charge in [0.1, 0.15) is 18.1 Å². The Morgan fingerprint density at radius 2 is 1.47 bits per heavy atom. The molecule has 198 valence electrons. The Labute approximate surface area is 225 Å². The van der Waals surface area contributed by atoms with Gasteiger partial charge in [-0.15, -0.1) is 0 Å². The molecule has 6 heteroatoms. The quantitative estimate of drug-likeness (QED) is 0.219. The largest absolute Gasteiger partial charge is 0.487 e. The molecule has 0 atom stereocenters. The molecule has 3 aromatic carbocycles. The fourth-order valence-electron chi connectivity index (χ4n) is 3.60. The van der Waals surface area contributed by atoms with Crippen LogP contribution in [0.25, 0.3) is 33.7 Å². The van der Waals surface area contributed by atoms with Gasteiger partial charge in [-0.05, 0) is 31.2 Å². The maximum atomic E-state index is 11.5. The van der Waals surface area contributed by atoms with Crippen LogP contribution in [0.15, 0.2) is 89.5 Å². The number of hydrogen-bond donors (Lipinski definition) is 0. The Balaban J connectivity index is 0.000000611. The highest BCUT2D eigenvalue weighted by Gasteiger charge is 2.17. The maximum absolute atomic E-state index is 11.5. The number of fused-ring (bicyclic) bond motifs is 1. The summed E-state index contributed by atoms with van der Waals surface area (Å²) in [5.74, 6) is 1.96. The van der Waals surface area contributed by atoms with Crippen molar-refractivity contribution in [3.8, 4) is 28.5 Å². The van der Waals surface area contributed by atoms with Gasteiger partial charge in [0.05, 0.1) is 18.3 Å². The van der Waals surface area contributed by atoms with Crippen LogP contribution in [-0.2, 0) is 17.9 Å². The number of aromatic nitrogens is 3. The van der Waals surface area contributed by atoms with Crippen molar-refractivity contribution in [1.82, 2.24) is 14.8 Å². The lowest BCUT2D eigenvalue weighted by Crippen LogP contribution is -2.07. The zero-order valence-corrected chi connectivity index (χ0v) is 23.0. The number of benzene rings is 3. The highest BCUT2D eigenvalue weighted by Crippen LogP contribution is 2.31. The third-order valence-corrected chi connectivity index (χ3v) is 5.12. The zero-order chi connectivity index (χ0) is 27.3. The molecule has 0 saturated carbocycles. The fraction of sp³-hybridized carbons (Fsp3) is 0.281. The first-order chi connectivity index (χ1) is 18.5. The molecule has 0 amide bonds. The smallest absolute Gasteiger partial charge is 0.227 e. The summed E-state index contributed by atoms with van der Waals surface area (Å²) in [7, 11) is 0. The second kappa shape index (κ2) is 14.5. The third kappa shape index (κ3) is 7.65. The van der Waals surface area contributed by atoms with Crippen molar-refractivity contribution < 1.29 is 13.9 Å². The zero-order valence-electron chi connectivity index (χ0n) is 23.0. The second-order valence-electron chi connectivity index (χ2n) is 8.95. The molecule has 0 aliphatic heterocycles. The van der Waals surface area contributed by atoms with Crippen LogP contribution < -0.4 is 4.74 Å². The van der Waals surface area contributed by atoms with Crippen molar-refractivity contribution in [2.45, 2.75) is 60.6 Å². The van der Waals surface area contributed by atoms with Crippen molar-refractivity contribution in [2.24, 2.45) is 0 Å². The summed E-state index contributed by atoms with van der Waals surface area (Å²) in [6.45, 7) is 10.5. The minimum atomic E-state index is 0.0462. The van der Waals surface area contributed by atoms with Gasteiger partial charge in [-0.1, -0.05) is 89.1 Å². The molecule has 38 heavy (non-hydrogen) atoms. The standard InChI is InChI=1S/C26H21N3O3.2C3H8/c1-18(30)16-29-24-14-22(13-12-21(24)15-27-29)31-17-23-25(19-8-4-2-5-9-19)32-26(28-23)20-10-6-3-7-11-20;2*1-3-2/h2-15H,16-17H2,1H3;2*3H2,1-2H3. The van der Waals surface area contributed by atoms with Crippen LogP contribution in [0, 0.1) is 0 Å². The van der Waals surface area contributed by atoms with Crippen molar-refractivity contribution in [2.75, 3.05) is 0 Å². The molecule has 0 spiro atoms. The molecule has 2 heterocycles. The van der Waals surface area contributed by atoms with E-state index in [4.69, 9.17) is 14.1 Å². The van der Waals surface area contributed by atoms with Crippen LogP contribution in [0.5, 0.6) is 5.75 Å². The van der Waals surface area contributed by atoms with Crippen LogP contribution in [0.2, 0.25) is 0 Å². The van der Waals surface area contributed by atoms with Gasteiger partial charge in [0, 0.05) is 22.6 Å². The van der Waals surface area contributed by atoms with E-state index >= 15 is 0 Å². The van der Waals surface area contributed by atoms with Gasteiger partial charge in [0.15, 0.2) is 11.5 Å². The van der Waals surface area contributed by atoms with E-state index in [0.717, 1.165) is 22.0 Å². The highest BCUT2D eigenvalue weighted by molar-refractivity contribution is 5.83. The topological polar surface area (TPSA) is 70.2 Å². The molecule has 0 radical (unpaired) electrons. The van der Waals surface area contributed by atoms with Crippen LogP contribution >= 0.6 is 0 Å². The first-order valence-electron chi connectivity index (χ1n) is 13.2. The number of carbonyl (C=O) groups is 1. The molecule has 0 aliphatic carbocycles. The van der Waals surface area contributed by atoms with Crippen LogP contribution in [0.4, 0.5) is 0 Å². The van der Waals surface area contributed by atoms with Gasteiger partial charge in [-0.2, -0.15) is 5.10 Å². The summed E-state index contributed by atoms with van der Waals surface area (Å²) in [5.41, 5.74) is 3.42. The fourth-order valence-corrected chi connectivity index (χ4v) is 3.60. The van der Waals surface area contributed by atoms with E-state index in [0.29, 0.717) is 23.1 Å². The second-order valence-corrected chi connectivity index (χ2v) is 8.95. The Bertz CT molecular complexity index is 1400. The summed E-state index contributed by atoms with van der Waals surface area (Å²) in [4.78, 5) is 16.3. The number of nitrogens with zero attached hydrogens (tertiary/aromatic N) is 3. The van der Waals surface area contributed by atoms with E-state index in [1.165, 1.54) is 12.8 Å². The third-order valence-electron chi connectivity index (χ3n) is 5.12. The number of ketones is 1. The van der Waals surface area contributed by atoms with Crippen molar-refractivity contribution in [3.05, 3.63) is 90.8 Å². The van der Waals surface area contributed by atoms with Gasteiger partial charge >= 0.3 is 0 Å². The Morgan fingerprint density at radius 1 is 0.868 bits per heavy atom. The Morgan fingerprint density at radius 3 is 2.08 bits per heavy atom. The number of hydrogen-bond acceptors (Lipinski definition) is 5. The van der Waals surface area contributed by atoms with Crippen LogP contribution in [0.3, 0.4) is 0 Å². The molecular weight excluding hydrogens is 474 g/mol. The summed E-state index contributed by atoms with van der Waals surface area (Å²) < 4.78 is 13.9. The van der Waals surface area contributed by atoms with Gasteiger partial charge in [0.2, 0.25) is 5.89 Å². The minimum Gasteiger partial charge on any atom is -0.487 e. The molecule has 0 aliphatic rings. The van der Waals surface area contributed by atoms with Crippen molar-refractivity contribution in [3.63, 3.8) is 0 Å². The molecule has 6 nitrogen and oxygen atoms in total. The van der Waals surface area contributed by atoms with Gasteiger partial charge in [-0.25, -0.2) is 4.98 Å². The highest BCUT2D eigenvalue weighted by atomic mass is 16.5. The molecule has 5 rings (SSSR count). The van der Waals surface area contributed by atoms with Gasteiger partial charge in [-0.3, -0.25) is 9.48 Å². The number of ether oxygens (including phenoxy) is 1. The predicted molar refractivity (Wildman–Crippen MR) is 154 cm³/mol. The molecule has 2 aromatic heterocycles. The van der Waals surface area contributed by atoms with E-state index in [9.17, 15) is 4.79 Å². The summed E-state index contributed by atoms with van der Waals surface area (Å²) >= 11 is 0. The average Bonchev–Trinajstić information content (AvgIpc) is 3.53. The van der Waals surface area contributed by atoms with E-state index in [-0.39, 0.29) is 18.9 Å². The lowest BCUT2D eigenvalue weighted by atomic mass is 10.1. The van der Waals surface area contributed by atoms with Gasteiger partial charge < -0.3 is 9.15 Å². The molecule has 0 saturated heterocycles. The number of Topliss-reactive ketones (excluding diaryl/α,β-unsaturated/α-hetero) is 1. The van der Waals surface area contributed by atoms with E-state index in [1.807, 2.05) is 78.9 Å². The van der Waals surface area contributed by atoms with E-state index < -0.39 is 0 Å². The summed E-state index contributed by atoms with van der Waals surface area (Å²) in [6, 6.07) is 25.4. The summed E-state index contributed by atoms with van der Waals surface area (Å²) in [6.07, 6.45) is 4.25. The summed E-state index contributed by atoms with van der Waals surface area (Å²) in [5, 5.41) is 5.25. The van der Waals surface area contributed by atoms with Gasteiger partial charge in [0.25, 0.3) is 0 Å². The molecular formula is C32H37N3O3. The van der Waals surface area contributed by atoms with Crippen molar-refractivity contribution >= 4 is 16.7 Å². The van der Waals surface area contributed by atoms with Crippen LogP contribution in [0.1, 0.15) is 53.2 Å². The lowest BCUT2D eigenvalue weighted by Gasteiger charge is -2.07.